The van der Waals surface area contributed by atoms with Crippen molar-refractivity contribution in [2.45, 2.75) is 18.9 Å². The lowest BCUT2D eigenvalue weighted by Gasteiger charge is -2.13. The van der Waals surface area contributed by atoms with E-state index in [1.54, 1.807) is 7.11 Å². The van der Waals surface area contributed by atoms with Crippen molar-refractivity contribution in [3.05, 3.63) is 52.4 Å². The van der Waals surface area contributed by atoms with Crippen LogP contribution in [0.15, 0.2) is 42.5 Å². The molecule has 2 heterocycles. The van der Waals surface area contributed by atoms with Crippen molar-refractivity contribution < 1.29 is 19.0 Å². The summed E-state index contributed by atoms with van der Waals surface area (Å²) in [5, 5.41) is 7.07. The van der Waals surface area contributed by atoms with Crippen molar-refractivity contribution in [1.29, 1.82) is 0 Å². The van der Waals surface area contributed by atoms with E-state index in [4.69, 9.17) is 38.0 Å². The standard InChI is InChI=1S/C22H21ClN2O4S2/c1-27-14-7-8-17-18(11-14)31-20(19(17)23)21(26)25-22(30)24-13-4-2-5-15(10-13)29-12-16-6-3-9-28-16/h2,4-5,7-8,10-11,16H,3,6,9,12H2,1H3,(H2,24,25,26,30). The SMILES string of the molecule is COc1ccc2c(Cl)c(C(=O)NC(=S)Nc3cccc(OCC4CCCO4)c3)sc2c1. The van der Waals surface area contributed by atoms with Gasteiger partial charge in [-0.15, -0.1) is 11.3 Å². The fourth-order valence-corrected chi connectivity index (χ4v) is 4.92. The summed E-state index contributed by atoms with van der Waals surface area (Å²) in [5.74, 6) is 1.04. The van der Waals surface area contributed by atoms with Crippen LogP contribution in [0.2, 0.25) is 5.02 Å². The third kappa shape index (κ3) is 5.27. The topological polar surface area (TPSA) is 68.8 Å². The number of benzene rings is 2. The minimum atomic E-state index is -0.367. The van der Waals surface area contributed by atoms with Gasteiger partial charge in [0.15, 0.2) is 5.11 Å². The average molecular weight is 477 g/mol. The van der Waals surface area contributed by atoms with Gasteiger partial charge >= 0.3 is 0 Å². The number of carbonyl (C=O) groups excluding carboxylic acids is 1. The normalized spacial score (nSPS) is 15.6. The summed E-state index contributed by atoms with van der Waals surface area (Å²) in [4.78, 5) is 13.1. The zero-order chi connectivity index (χ0) is 21.8. The molecule has 4 rings (SSSR count). The molecule has 1 aliphatic heterocycles. The molecule has 2 N–H and O–H groups in total. The third-order valence-corrected chi connectivity index (χ3v) is 6.68. The van der Waals surface area contributed by atoms with Crippen LogP contribution in [0.25, 0.3) is 10.1 Å². The summed E-state index contributed by atoms with van der Waals surface area (Å²) >= 11 is 13.0. The number of nitrogens with one attached hydrogen (secondary N) is 2. The van der Waals surface area contributed by atoms with Gasteiger partial charge in [-0.3, -0.25) is 10.1 Å². The van der Waals surface area contributed by atoms with E-state index in [0.29, 0.717) is 33.7 Å². The third-order valence-electron chi connectivity index (χ3n) is 4.82. The van der Waals surface area contributed by atoms with Crippen LogP contribution in [0.5, 0.6) is 11.5 Å². The molecule has 2 aromatic carbocycles. The molecule has 1 atom stereocenters. The van der Waals surface area contributed by atoms with Crippen molar-refractivity contribution in [3.63, 3.8) is 0 Å². The highest BCUT2D eigenvalue weighted by atomic mass is 35.5. The number of carbonyl (C=O) groups is 1. The van der Waals surface area contributed by atoms with E-state index in [0.717, 1.165) is 29.5 Å². The highest BCUT2D eigenvalue weighted by Gasteiger charge is 2.19. The van der Waals surface area contributed by atoms with Crippen LogP contribution in [0.4, 0.5) is 5.69 Å². The van der Waals surface area contributed by atoms with Gasteiger partial charge in [0.1, 0.15) is 23.0 Å². The summed E-state index contributed by atoms with van der Waals surface area (Å²) < 4.78 is 17.5. The first-order chi connectivity index (χ1) is 15.0. The van der Waals surface area contributed by atoms with E-state index in [1.807, 2.05) is 42.5 Å². The van der Waals surface area contributed by atoms with Gasteiger partial charge in [0.25, 0.3) is 5.91 Å². The van der Waals surface area contributed by atoms with Crippen LogP contribution >= 0.6 is 35.2 Å². The molecule has 3 aromatic rings. The maximum atomic E-state index is 12.7. The Labute approximate surface area is 194 Å². The molecule has 1 fully saturated rings. The summed E-state index contributed by atoms with van der Waals surface area (Å²) in [6.45, 7) is 1.31. The molecule has 1 aromatic heterocycles. The monoisotopic (exact) mass is 476 g/mol. The maximum absolute atomic E-state index is 12.7. The number of anilines is 1. The Morgan fingerprint density at radius 2 is 2.16 bits per heavy atom. The fraction of sp³-hybridized carbons (Fsp3) is 0.273. The molecule has 162 valence electrons. The molecule has 1 unspecified atom stereocenters. The largest absolute Gasteiger partial charge is 0.497 e. The van der Waals surface area contributed by atoms with Crippen LogP contribution in [0.3, 0.4) is 0 Å². The number of rotatable bonds is 6. The fourth-order valence-electron chi connectivity index (χ4n) is 3.27. The zero-order valence-electron chi connectivity index (χ0n) is 16.8. The number of hydrogen-bond donors (Lipinski definition) is 2. The van der Waals surface area contributed by atoms with Crippen molar-refractivity contribution in [2.24, 2.45) is 0 Å². The molecular weight excluding hydrogens is 456 g/mol. The molecule has 1 amide bonds. The molecule has 6 nitrogen and oxygen atoms in total. The Balaban J connectivity index is 1.38. The van der Waals surface area contributed by atoms with Gasteiger partial charge in [-0.1, -0.05) is 17.7 Å². The second kappa shape index (κ2) is 9.82. The van der Waals surface area contributed by atoms with E-state index in [-0.39, 0.29) is 17.1 Å². The summed E-state index contributed by atoms with van der Waals surface area (Å²) in [6, 6.07) is 12.9. The van der Waals surface area contributed by atoms with Crippen molar-refractivity contribution in [1.82, 2.24) is 5.32 Å². The molecule has 9 heteroatoms. The zero-order valence-corrected chi connectivity index (χ0v) is 19.2. The number of halogens is 1. The predicted octanol–water partition coefficient (Wildman–Crippen LogP) is 5.25. The van der Waals surface area contributed by atoms with E-state index in [2.05, 4.69) is 10.6 Å². The molecule has 1 aliphatic rings. The first-order valence-corrected chi connectivity index (χ1v) is 11.4. The Kier molecular flexibility index (Phi) is 6.92. The van der Waals surface area contributed by atoms with Crippen LogP contribution < -0.4 is 20.1 Å². The number of amides is 1. The lowest BCUT2D eigenvalue weighted by atomic mass is 10.2. The number of thiocarbonyl (C=S) groups is 1. The highest BCUT2D eigenvalue weighted by molar-refractivity contribution is 7.80. The Morgan fingerprint density at radius 1 is 1.29 bits per heavy atom. The van der Waals surface area contributed by atoms with E-state index < -0.39 is 0 Å². The molecule has 0 spiro atoms. The van der Waals surface area contributed by atoms with Crippen molar-refractivity contribution in [3.8, 4) is 11.5 Å². The number of ether oxygens (including phenoxy) is 3. The Hall–Kier alpha value is -2.39. The van der Waals surface area contributed by atoms with Crippen LogP contribution in [0.1, 0.15) is 22.5 Å². The summed E-state index contributed by atoms with van der Waals surface area (Å²) in [7, 11) is 1.59. The van der Waals surface area contributed by atoms with Crippen molar-refractivity contribution >= 4 is 61.9 Å². The number of hydrogen-bond acceptors (Lipinski definition) is 6. The summed E-state index contributed by atoms with van der Waals surface area (Å²) in [6.07, 6.45) is 2.23. The van der Waals surface area contributed by atoms with Gasteiger partial charge in [-0.25, -0.2) is 0 Å². The molecule has 1 saturated heterocycles. The van der Waals surface area contributed by atoms with Gasteiger partial charge in [-0.05, 0) is 55.4 Å². The lowest BCUT2D eigenvalue weighted by Crippen LogP contribution is -2.33. The van der Waals surface area contributed by atoms with Gasteiger partial charge in [-0.2, -0.15) is 0 Å². The second-order valence-electron chi connectivity index (χ2n) is 6.99. The maximum Gasteiger partial charge on any atom is 0.269 e. The average Bonchev–Trinajstić information content (AvgIpc) is 3.40. The predicted molar refractivity (Wildman–Crippen MR) is 128 cm³/mol. The van der Waals surface area contributed by atoms with E-state index in [1.165, 1.54) is 11.3 Å². The van der Waals surface area contributed by atoms with Crippen LogP contribution in [-0.2, 0) is 4.74 Å². The van der Waals surface area contributed by atoms with Crippen molar-refractivity contribution in [2.75, 3.05) is 25.6 Å². The Bertz CT molecular complexity index is 1110. The first-order valence-electron chi connectivity index (χ1n) is 9.76. The minimum absolute atomic E-state index is 0.142. The van der Waals surface area contributed by atoms with E-state index >= 15 is 0 Å². The van der Waals surface area contributed by atoms with Gasteiger partial charge in [0.2, 0.25) is 0 Å². The number of fused-ring (bicyclic) bond motifs is 1. The summed E-state index contributed by atoms with van der Waals surface area (Å²) in [5.41, 5.74) is 0.710. The second-order valence-corrected chi connectivity index (χ2v) is 8.83. The first kappa shape index (κ1) is 21.8. The van der Waals surface area contributed by atoms with Gasteiger partial charge < -0.3 is 19.5 Å². The number of thiophene rings is 1. The van der Waals surface area contributed by atoms with Crippen LogP contribution in [0, 0.1) is 0 Å². The molecule has 31 heavy (non-hydrogen) atoms. The van der Waals surface area contributed by atoms with E-state index in [9.17, 15) is 4.79 Å². The smallest absolute Gasteiger partial charge is 0.269 e. The lowest BCUT2D eigenvalue weighted by molar-refractivity contribution is 0.0680. The quantitative estimate of drug-likeness (QED) is 0.474. The van der Waals surface area contributed by atoms with Gasteiger partial charge in [0, 0.05) is 28.4 Å². The minimum Gasteiger partial charge on any atom is -0.497 e. The molecule has 0 aliphatic carbocycles. The Morgan fingerprint density at radius 3 is 2.94 bits per heavy atom. The molecule has 0 radical (unpaired) electrons. The molecular formula is C22H21ClN2O4S2. The van der Waals surface area contributed by atoms with Gasteiger partial charge in [0.05, 0.1) is 18.2 Å². The highest BCUT2D eigenvalue weighted by Crippen LogP contribution is 2.37. The molecule has 0 bridgehead atoms. The number of methoxy groups -OCH3 is 1. The molecule has 0 saturated carbocycles. The van der Waals surface area contributed by atoms with Crippen LogP contribution in [-0.4, -0.2) is 37.4 Å².